The summed E-state index contributed by atoms with van der Waals surface area (Å²) in [4.78, 5) is 4.61. The molecule has 0 aliphatic heterocycles. The van der Waals surface area contributed by atoms with E-state index < -0.39 is 5.41 Å². The van der Waals surface area contributed by atoms with Crippen LogP contribution in [0.5, 0.6) is 0 Å². The number of rotatable bonds is 5. The van der Waals surface area contributed by atoms with Gasteiger partial charge in [-0.3, -0.25) is 4.98 Å². The number of thioether (sulfide) groups is 2. The van der Waals surface area contributed by atoms with Crippen molar-refractivity contribution >= 4 is 50.0 Å². The van der Waals surface area contributed by atoms with Gasteiger partial charge in [0.25, 0.3) is 0 Å². The maximum absolute atomic E-state index is 9.47. The van der Waals surface area contributed by atoms with E-state index in [1.807, 2.05) is 44.5 Å². The zero-order valence-electron chi connectivity index (χ0n) is 16.2. The maximum Gasteiger partial charge on any atom is 0.104 e. The van der Waals surface area contributed by atoms with Crippen molar-refractivity contribution in [2.45, 2.75) is 25.5 Å². The summed E-state index contributed by atoms with van der Waals surface area (Å²) in [5, 5.41) is 12.0. The number of aromatic nitrogens is 1. The Morgan fingerprint density at radius 1 is 1.14 bits per heavy atom. The molecule has 0 saturated carbocycles. The third-order valence-corrected chi connectivity index (χ3v) is 7.46. The minimum Gasteiger partial charge on any atom is -0.256 e. The summed E-state index contributed by atoms with van der Waals surface area (Å²) in [6.45, 7) is 3.97. The van der Waals surface area contributed by atoms with E-state index in [4.69, 9.17) is 12.2 Å². The van der Waals surface area contributed by atoms with Crippen LogP contribution < -0.4 is 0 Å². The zero-order valence-corrected chi connectivity index (χ0v) is 18.6. The summed E-state index contributed by atoms with van der Waals surface area (Å²) in [7, 11) is 0. The van der Waals surface area contributed by atoms with Gasteiger partial charge in [-0.1, -0.05) is 72.5 Å². The molecule has 0 fully saturated rings. The molecule has 1 atom stereocenters. The Morgan fingerprint density at radius 3 is 2.54 bits per heavy atom. The molecule has 2 nitrogen and oxygen atoms in total. The second-order valence-corrected chi connectivity index (χ2v) is 10.5. The Bertz CT molecular complexity index is 1010. The van der Waals surface area contributed by atoms with Crippen LogP contribution in [-0.4, -0.2) is 14.8 Å². The maximum atomic E-state index is 9.47. The number of benzene rings is 2. The van der Waals surface area contributed by atoms with Crippen molar-refractivity contribution in [2.24, 2.45) is 5.41 Å². The highest BCUT2D eigenvalue weighted by atomic mass is 32.2. The zero-order chi connectivity index (χ0) is 20.1. The molecule has 0 radical (unpaired) electrons. The van der Waals surface area contributed by atoms with E-state index in [0.29, 0.717) is 0 Å². The molecule has 1 unspecified atom stereocenters. The molecule has 0 saturated heterocycles. The minimum atomic E-state index is -0.401. The molecule has 0 spiro atoms. The largest absolute Gasteiger partial charge is 0.256 e. The lowest BCUT2D eigenvalue weighted by Crippen LogP contribution is -2.13. The lowest BCUT2D eigenvalue weighted by Gasteiger charge is -2.24. The van der Waals surface area contributed by atoms with Crippen molar-refractivity contribution in [3.8, 4) is 17.3 Å². The van der Waals surface area contributed by atoms with Gasteiger partial charge in [0.15, 0.2) is 0 Å². The van der Waals surface area contributed by atoms with Crippen LogP contribution in [0.2, 0.25) is 0 Å². The second-order valence-electron chi connectivity index (χ2n) is 7.26. The van der Waals surface area contributed by atoms with Gasteiger partial charge in [-0.15, -0.1) is 11.8 Å². The molecule has 1 heterocycles. The van der Waals surface area contributed by atoms with Crippen molar-refractivity contribution in [1.29, 1.82) is 5.26 Å². The molecule has 2 aromatic carbocycles. The number of thiocarbonyl (C=S) groups is 1. The number of pyridine rings is 1. The van der Waals surface area contributed by atoms with Crippen LogP contribution in [0.3, 0.4) is 0 Å². The fraction of sp³-hybridized carbons (Fsp3) is 0.261. The van der Waals surface area contributed by atoms with Crippen molar-refractivity contribution in [3.05, 3.63) is 66.4 Å². The molecule has 0 bridgehead atoms. The molecule has 1 aromatic heterocycles. The van der Waals surface area contributed by atoms with Crippen LogP contribution in [0, 0.1) is 16.7 Å². The van der Waals surface area contributed by atoms with Crippen LogP contribution in [-0.2, 0) is 0 Å². The number of fused-ring (bicyclic) bond motifs is 1. The highest BCUT2D eigenvalue weighted by Gasteiger charge is 2.25. The smallest absolute Gasteiger partial charge is 0.104 e. The van der Waals surface area contributed by atoms with Crippen LogP contribution in [0.1, 0.15) is 31.1 Å². The molecular formula is C23H22N2S3. The molecule has 28 heavy (non-hydrogen) atoms. The average Bonchev–Trinajstić information content (AvgIpc) is 2.72. The molecule has 0 N–H and O–H groups in total. The Hall–Kier alpha value is -1.87. The van der Waals surface area contributed by atoms with E-state index in [1.54, 1.807) is 23.5 Å². The monoisotopic (exact) mass is 422 g/mol. The van der Waals surface area contributed by atoms with Gasteiger partial charge in [-0.2, -0.15) is 5.26 Å². The van der Waals surface area contributed by atoms with Crippen molar-refractivity contribution < 1.29 is 0 Å². The summed E-state index contributed by atoms with van der Waals surface area (Å²) >= 11 is 8.70. The van der Waals surface area contributed by atoms with E-state index in [-0.39, 0.29) is 5.25 Å². The van der Waals surface area contributed by atoms with Crippen LogP contribution >= 0.6 is 35.7 Å². The van der Waals surface area contributed by atoms with Gasteiger partial charge < -0.3 is 0 Å². The van der Waals surface area contributed by atoms with Crippen molar-refractivity contribution in [3.63, 3.8) is 0 Å². The summed E-state index contributed by atoms with van der Waals surface area (Å²) in [5.74, 6) is 0. The fourth-order valence-corrected chi connectivity index (χ4v) is 5.21. The molecule has 0 aliphatic carbocycles. The first-order valence-corrected chi connectivity index (χ1v) is 11.5. The van der Waals surface area contributed by atoms with Gasteiger partial charge >= 0.3 is 0 Å². The Labute approximate surface area is 180 Å². The predicted octanol–water partition coefficient (Wildman–Crippen LogP) is 7.26. The van der Waals surface area contributed by atoms with Gasteiger partial charge in [0.05, 0.1) is 17.2 Å². The minimum absolute atomic E-state index is 0.157. The molecule has 0 amide bonds. The second kappa shape index (κ2) is 9.09. The number of hydrogen-bond acceptors (Lipinski definition) is 5. The number of nitrogens with zero attached hydrogens (tertiary/aromatic N) is 2. The van der Waals surface area contributed by atoms with E-state index in [1.165, 1.54) is 10.9 Å². The molecule has 3 rings (SSSR count). The topological polar surface area (TPSA) is 36.7 Å². The Balaban J connectivity index is 1.94. The van der Waals surface area contributed by atoms with Crippen LogP contribution in [0.4, 0.5) is 0 Å². The standard InChI is InChI=1S/C23H22N2S3/c1-23(2,15-24)14-20(28-22(26)27-3)17-8-10-18(11-9-17)21-19-7-5-4-6-16(19)12-13-25-21/h4-13,20H,14H2,1-3H3. The van der Waals surface area contributed by atoms with Gasteiger partial charge in [-0.25, -0.2) is 0 Å². The van der Waals surface area contributed by atoms with E-state index >= 15 is 0 Å². The summed E-state index contributed by atoms with van der Waals surface area (Å²) < 4.78 is 0.901. The average molecular weight is 423 g/mol. The predicted molar refractivity (Wildman–Crippen MR) is 128 cm³/mol. The third-order valence-electron chi connectivity index (χ3n) is 4.63. The molecule has 3 aromatic rings. The Kier molecular flexibility index (Phi) is 6.77. The van der Waals surface area contributed by atoms with Gasteiger partial charge in [0, 0.05) is 22.4 Å². The van der Waals surface area contributed by atoms with Gasteiger partial charge in [0.2, 0.25) is 0 Å². The lowest BCUT2D eigenvalue weighted by atomic mass is 9.87. The van der Waals surface area contributed by atoms with E-state index in [2.05, 4.69) is 47.5 Å². The summed E-state index contributed by atoms with van der Waals surface area (Å²) in [6, 6.07) is 21.3. The van der Waals surface area contributed by atoms with E-state index in [9.17, 15) is 5.26 Å². The van der Waals surface area contributed by atoms with Gasteiger partial charge in [-0.05, 0) is 43.5 Å². The highest BCUT2D eigenvalue weighted by molar-refractivity contribution is 8.47. The number of nitriles is 1. The summed E-state index contributed by atoms with van der Waals surface area (Å²) in [5.41, 5.74) is 2.87. The fourth-order valence-electron chi connectivity index (χ4n) is 3.11. The molecular weight excluding hydrogens is 400 g/mol. The molecule has 0 aliphatic rings. The van der Waals surface area contributed by atoms with E-state index in [0.717, 1.165) is 26.6 Å². The highest BCUT2D eigenvalue weighted by Crippen LogP contribution is 2.42. The first-order chi connectivity index (χ1) is 13.4. The number of hydrogen-bond donors (Lipinski definition) is 0. The van der Waals surface area contributed by atoms with Crippen molar-refractivity contribution in [1.82, 2.24) is 4.98 Å². The molecule has 5 heteroatoms. The molecule has 142 valence electrons. The van der Waals surface area contributed by atoms with Crippen molar-refractivity contribution in [2.75, 3.05) is 6.26 Å². The first kappa shape index (κ1) is 20.9. The quantitative estimate of drug-likeness (QED) is 0.404. The Morgan fingerprint density at radius 2 is 1.86 bits per heavy atom. The first-order valence-electron chi connectivity index (χ1n) is 9.03. The van der Waals surface area contributed by atoms with Crippen LogP contribution in [0.15, 0.2) is 60.8 Å². The summed E-state index contributed by atoms with van der Waals surface area (Å²) in [6.07, 6.45) is 4.61. The lowest BCUT2D eigenvalue weighted by molar-refractivity contribution is 0.448. The van der Waals surface area contributed by atoms with Crippen LogP contribution in [0.25, 0.3) is 22.0 Å². The SMILES string of the molecule is CSC(=S)SC(CC(C)(C)C#N)c1ccc(-c2nccc3ccccc23)cc1. The normalized spacial score (nSPS) is 12.5. The van der Waals surface area contributed by atoms with Gasteiger partial charge in [0.1, 0.15) is 3.53 Å². The third kappa shape index (κ3) is 4.94.